The Kier molecular flexibility index (Phi) is 6.55. The molecule has 0 spiro atoms. The molecule has 116 valence electrons. The van der Waals surface area contributed by atoms with E-state index in [1.807, 2.05) is 26.8 Å². The maximum absolute atomic E-state index is 12.1. The summed E-state index contributed by atoms with van der Waals surface area (Å²) in [6.45, 7) is 5.80. The van der Waals surface area contributed by atoms with Crippen LogP contribution < -0.4 is 0 Å². The summed E-state index contributed by atoms with van der Waals surface area (Å²) in [5.41, 5.74) is 0.672. The Balaban J connectivity index is 2.60. The highest BCUT2D eigenvalue weighted by Crippen LogP contribution is 2.22. The lowest BCUT2D eigenvalue weighted by Gasteiger charge is -2.19. The minimum atomic E-state index is -1.03. The van der Waals surface area contributed by atoms with Gasteiger partial charge in [0.2, 0.25) is 5.91 Å². The molecule has 1 N–H and O–H groups in total. The summed E-state index contributed by atoms with van der Waals surface area (Å²) in [4.78, 5) is 38.2. The summed E-state index contributed by atoms with van der Waals surface area (Å²) >= 11 is 1.56. The van der Waals surface area contributed by atoms with Gasteiger partial charge in [-0.1, -0.05) is 6.92 Å². The van der Waals surface area contributed by atoms with Crippen molar-refractivity contribution in [2.75, 3.05) is 13.1 Å². The highest BCUT2D eigenvalue weighted by Gasteiger charge is 2.18. The molecule has 0 bridgehead atoms. The highest BCUT2D eigenvalue weighted by molar-refractivity contribution is 7.12. The van der Waals surface area contributed by atoms with Crippen LogP contribution in [-0.2, 0) is 9.59 Å². The Morgan fingerprint density at radius 1 is 1.24 bits per heavy atom. The second kappa shape index (κ2) is 7.93. The lowest BCUT2D eigenvalue weighted by molar-refractivity contribution is -0.144. The molecule has 21 heavy (non-hydrogen) atoms. The molecular formula is C15H21NO4S. The van der Waals surface area contributed by atoms with Crippen LogP contribution in [0.15, 0.2) is 6.07 Å². The van der Waals surface area contributed by atoms with Crippen LogP contribution >= 0.6 is 11.3 Å². The maximum atomic E-state index is 12.1. The smallest absolute Gasteiger partial charge is 0.323 e. The van der Waals surface area contributed by atoms with Crippen molar-refractivity contribution in [2.45, 2.75) is 40.0 Å². The molecule has 0 unspecified atom stereocenters. The van der Waals surface area contributed by atoms with E-state index in [1.165, 1.54) is 4.90 Å². The summed E-state index contributed by atoms with van der Waals surface area (Å²) in [6, 6.07) is 1.84. The van der Waals surface area contributed by atoms with Gasteiger partial charge in [0.05, 0.1) is 0 Å². The molecule has 5 nitrogen and oxygen atoms in total. The zero-order valence-electron chi connectivity index (χ0n) is 12.6. The molecule has 6 heteroatoms. The molecule has 0 atom stereocenters. The van der Waals surface area contributed by atoms with E-state index in [-0.39, 0.29) is 31.1 Å². The third-order valence-electron chi connectivity index (χ3n) is 3.08. The van der Waals surface area contributed by atoms with Crippen LogP contribution in [-0.4, -0.2) is 40.8 Å². The van der Waals surface area contributed by atoms with Crippen LogP contribution in [0, 0.1) is 13.8 Å². The molecule has 0 aromatic carbocycles. The first kappa shape index (κ1) is 17.4. The van der Waals surface area contributed by atoms with E-state index in [1.54, 1.807) is 11.3 Å². The summed E-state index contributed by atoms with van der Waals surface area (Å²) in [5.74, 6) is -1.37. The van der Waals surface area contributed by atoms with E-state index in [2.05, 4.69) is 0 Å². The average molecular weight is 311 g/mol. The molecule has 0 saturated heterocycles. The standard InChI is InChI=1S/C15H21NO4S/c1-4-7-16(9-15(19)20)14(18)6-5-13(17)12-8-10(2)21-11(12)3/h8H,4-7,9H2,1-3H3,(H,19,20). The van der Waals surface area contributed by atoms with Crippen molar-refractivity contribution >= 4 is 29.0 Å². The number of rotatable bonds is 8. The van der Waals surface area contributed by atoms with E-state index < -0.39 is 5.97 Å². The number of thiophene rings is 1. The summed E-state index contributed by atoms with van der Waals surface area (Å²) in [6.07, 6.45) is 0.867. The third kappa shape index (κ3) is 5.30. The topological polar surface area (TPSA) is 74.7 Å². The van der Waals surface area contributed by atoms with Crippen LogP contribution in [0.2, 0.25) is 0 Å². The number of aliphatic carboxylic acids is 1. The lowest BCUT2D eigenvalue weighted by atomic mass is 10.1. The van der Waals surface area contributed by atoms with Gasteiger partial charge in [0.1, 0.15) is 6.54 Å². The first-order chi connectivity index (χ1) is 9.85. The van der Waals surface area contributed by atoms with Crippen LogP contribution in [0.3, 0.4) is 0 Å². The van der Waals surface area contributed by atoms with Gasteiger partial charge in [-0.2, -0.15) is 0 Å². The normalized spacial score (nSPS) is 10.4. The van der Waals surface area contributed by atoms with Gasteiger partial charge < -0.3 is 10.0 Å². The molecule has 1 heterocycles. The van der Waals surface area contributed by atoms with Gasteiger partial charge in [0.25, 0.3) is 0 Å². The lowest BCUT2D eigenvalue weighted by Crippen LogP contribution is -2.36. The van der Waals surface area contributed by atoms with Crippen molar-refractivity contribution in [2.24, 2.45) is 0 Å². The molecular weight excluding hydrogens is 290 g/mol. The van der Waals surface area contributed by atoms with Crippen molar-refractivity contribution < 1.29 is 19.5 Å². The number of nitrogens with zero attached hydrogens (tertiary/aromatic N) is 1. The average Bonchev–Trinajstić information content (AvgIpc) is 2.73. The number of hydrogen-bond donors (Lipinski definition) is 1. The Bertz CT molecular complexity index is 536. The maximum Gasteiger partial charge on any atom is 0.323 e. The molecule has 1 aromatic rings. The number of aryl methyl sites for hydroxylation is 2. The highest BCUT2D eigenvalue weighted by atomic mass is 32.1. The Morgan fingerprint density at radius 2 is 1.90 bits per heavy atom. The summed E-state index contributed by atoms with van der Waals surface area (Å²) in [5, 5.41) is 8.79. The fourth-order valence-corrected chi connectivity index (χ4v) is 3.09. The number of ketones is 1. The van der Waals surface area contributed by atoms with Crippen molar-refractivity contribution in [3.05, 3.63) is 21.4 Å². The van der Waals surface area contributed by atoms with Crippen LogP contribution in [0.25, 0.3) is 0 Å². The Hall–Kier alpha value is -1.69. The SMILES string of the molecule is CCCN(CC(=O)O)C(=O)CCC(=O)c1cc(C)sc1C. The van der Waals surface area contributed by atoms with Gasteiger partial charge in [-0.05, 0) is 26.3 Å². The first-order valence-corrected chi connectivity index (χ1v) is 7.76. The Morgan fingerprint density at radius 3 is 2.38 bits per heavy atom. The molecule has 1 rings (SSSR count). The van der Waals surface area contributed by atoms with E-state index >= 15 is 0 Å². The zero-order chi connectivity index (χ0) is 16.0. The minimum absolute atomic E-state index is 0.0560. The van der Waals surface area contributed by atoms with Gasteiger partial charge >= 0.3 is 5.97 Å². The number of hydrogen-bond acceptors (Lipinski definition) is 4. The second-order valence-corrected chi connectivity index (χ2v) is 6.42. The Labute approximate surface area is 128 Å². The van der Waals surface area contributed by atoms with E-state index in [0.29, 0.717) is 18.5 Å². The van der Waals surface area contributed by atoms with Gasteiger partial charge in [-0.15, -0.1) is 11.3 Å². The first-order valence-electron chi connectivity index (χ1n) is 6.95. The van der Waals surface area contributed by atoms with Crippen LogP contribution in [0.1, 0.15) is 46.3 Å². The fraction of sp³-hybridized carbons (Fsp3) is 0.533. The van der Waals surface area contributed by atoms with Gasteiger partial charge in [-0.3, -0.25) is 14.4 Å². The molecule has 0 saturated carbocycles. The molecule has 0 aliphatic carbocycles. The monoisotopic (exact) mass is 311 g/mol. The van der Waals surface area contributed by atoms with E-state index in [9.17, 15) is 14.4 Å². The van der Waals surface area contributed by atoms with Crippen molar-refractivity contribution in [1.82, 2.24) is 4.90 Å². The van der Waals surface area contributed by atoms with Gasteiger partial charge in [-0.25, -0.2) is 0 Å². The fourth-order valence-electron chi connectivity index (χ4n) is 2.15. The number of carbonyl (C=O) groups is 3. The molecule has 1 aromatic heterocycles. The van der Waals surface area contributed by atoms with Gasteiger partial charge in [0, 0.05) is 34.7 Å². The zero-order valence-corrected chi connectivity index (χ0v) is 13.5. The molecule has 0 fully saturated rings. The van der Waals surface area contributed by atoms with Crippen molar-refractivity contribution in [3.8, 4) is 0 Å². The van der Waals surface area contributed by atoms with Crippen molar-refractivity contribution in [3.63, 3.8) is 0 Å². The van der Waals surface area contributed by atoms with Crippen molar-refractivity contribution in [1.29, 1.82) is 0 Å². The van der Waals surface area contributed by atoms with Crippen LogP contribution in [0.5, 0.6) is 0 Å². The summed E-state index contributed by atoms with van der Waals surface area (Å²) in [7, 11) is 0. The largest absolute Gasteiger partial charge is 0.480 e. The second-order valence-electron chi connectivity index (χ2n) is 4.96. The molecule has 0 aliphatic heterocycles. The minimum Gasteiger partial charge on any atom is -0.480 e. The summed E-state index contributed by atoms with van der Waals surface area (Å²) < 4.78 is 0. The predicted octanol–water partition coefficient (Wildman–Crippen LogP) is 2.65. The number of carboxylic acid groups (broad SMARTS) is 1. The molecule has 1 amide bonds. The van der Waals surface area contributed by atoms with Gasteiger partial charge in [0.15, 0.2) is 5.78 Å². The van der Waals surface area contributed by atoms with Crippen LogP contribution in [0.4, 0.5) is 0 Å². The van der Waals surface area contributed by atoms with E-state index in [0.717, 1.165) is 9.75 Å². The predicted molar refractivity (Wildman–Crippen MR) is 81.9 cm³/mol. The third-order valence-corrected chi connectivity index (χ3v) is 4.05. The van der Waals surface area contributed by atoms with E-state index in [4.69, 9.17) is 5.11 Å². The number of Topliss-reactive ketones (excluding diaryl/α,β-unsaturated/α-hetero) is 1. The number of carboxylic acids is 1. The number of amides is 1. The molecule has 0 radical (unpaired) electrons. The quantitative estimate of drug-likeness (QED) is 0.749. The molecule has 0 aliphatic rings. The number of carbonyl (C=O) groups excluding carboxylic acids is 2.